The summed E-state index contributed by atoms with van der Waals surface area (Å²) in [7, 11) is -3.60. The lowest BCUT2D eigenvalue weighted by atomic mass is 10.2. The number of anilines is 1. The molecule has 0 amide bonds. The molecule has 1 aromatic heterocycles. The number of hydrogen-bond acceptors (Lipinski definition) is 6. The zero-order chi connectivity index (χ0) is 27.3. The van der Waals surface area contributed by atoms with E-state index in [-0.39, 0.29) is 37.1 Å². The van der Waals surface area contributed by atoms with Gasteiger partial charge in [-0.2, -0.15) is 14.1 Å². The number of sulfonamides is 1. The van der Waals surface area contributed by atoms with Gasteiger partial charge in [-0.1, -0.05) is 37.3 Å². The van der Waals surface area contributed by atoms with Gasteiger partial charge in [0.05, 0.1) is 42.6 Å². The number of nitrogens with zero attached hydrogens (tertiary/aromatic N) is 4. The van der Waals surface area contributed by atoms with Crippen LogP contribution in [0.15, 0.2) is 65.6 Å². The van der Waals surface area contributed by atoms with Gasteiger partial charge < -0.3 is 9.64 Å². The number of rotatable bonds is 10. The molecule has 0 aliphatic carbocycles. The lowest BCUT2D eigenvalue weighted by molar-refractivity contribution is 0.0878. The van der Waals surface area contributed by atoms with Gasteiger partial charge >= 0.3 is 0 Å². The molecule has 1 fully saturated rings. The van der Waals surface area contributed by atoms with Crippen molar-refractivity contribution in [1.82, 2.24) is 14.1 Å². The van der Waals surface area contributed by atoms with Crippen LogP contribution in [0, 0.1) is 17.6 Å². The van der Waals surface area contributed by atoms with Crippen LogP contribution in [0.3, 0.4) is 0 Å². The number of piperazine rings is 1. The van der Waals surface area contributed by atoms with Crippen LogP contribution >= 0.6 is 11.6 Å². The highest BCUT2D eigenvalue weighted by molar-refractivity contribution is 7.88. The summed E-state index contributed by atoms with van der Waals surface area (Å²) in [5.41, 5.74) is 0.537. The Morgan fingerprint density at radius 3 is 2.45 bits per heavy atom. The summed E-state index contributed by atoms with van der Waals surface area (Å²) >= 11 is 5.89. The third-order valence-corrected chi connectivity index (χ3v) is 8.56. The Morgan fingerprint density at radius 1 is 1.08 bits per heavy atom. The maximum Gasteiger partial charge on any atom is 0.273 e. The molecule has 2 atom stereocenters. The number of benzene rings is 2. The summed E-state index contributed by atoms with van der Waals surface area (Å²) in [6.45, 7) is 3.21. The van der Waals surface area contributed by atoms with Crippen molar-refractivity contribution >= 4 is 27.3 Å². The molecule has 8 nitrogen and oxygen atoms in total. The minimum absolute atomic E-state index is 0.0363. The third kappa shape index (κ3) is 6.96. The molecule has 2 heterocycles. The first-order valence-corrected chi connectivity index (χ1v) is 14.3. The fraction of sp³-hybridized carbons (Fsp3) is 0.385. The average molecular weight is 567 g/mol. The van der Waals surface area contributed by atoms with Gasteiger partial charge in [0.1, 0.15) is 11.6 Å². The van der Waals surface area contributed by atoms with Gasteiger partial charge in [-0.3, -0.25) is 4.79 Å². The van der Waals surface area contributed by atoms with Crippen LogP contribution in [0.1, 0.15) is 12.5 Å². The maximum absolute atomic E-state index is 13.7. The largest absolute Gasteiger partial charge is 0.379 e. The Morgan fingerprint density at radius 2 is 1.79 bits per heavy atom. The second kappa shape index (κ2) is 12.3. The SMILES string of the molecule is CC(CCl)COCC1CN(S(=O)(=O)Cc2ccccc2)CCN1c1cnn(-c2cc(F)cc(F)c2)c(=O)c1. The average Bonchev–Trinajstić information content (AvgIpc) is 2.88. The first-order chi connectivity index (χ1) is 18.2. The van der Waals surface area contributed by atoms with E-state index in [9.17, 15) is 22.0 Å². The molecule has 2 unspecified atom stereocenters. The molecule has 1 aliphatic heterocycles. The Labute approximate surface area is 225 Å². The van der Waals surface area contributed by atoms with Gasteiger partial charge in [-0.15, -0.1) is 11.6 Å². The van der Waals surface area contributed by atoms with Crippen LogP contribution in [0.2, 0.25) is 0 Å². The molecule has 4 rings (SSSR count). The molecule has 0 N–H and O–H groups in total. The van der Waals surface area contributed by atoms with E-state index < -0.39 is 33.3 Å². The number of hydrogen-bond donors (Lipinski definition) is 0. The summed E-state index contributed by atoms with van der Waals surface area (Å²) < 4.78 is 62.0. The lowest BCUT2D eigenvalue weighted by Crippen LogP contribution is -2.57. The van der Waals surface area contributed by atoms with E-state index in [0.717, 1.165) is 16.8 Å². The molecule has 0 radical (unpaired) electrons. The van der Waals surface area contributed by atoms with Crippen LogP contribution in [0.5, 0.6) is 0 Å². The topological polar surface area (TPSA) is 84.7 Å². The molecule has 204 valence electrons. The molecule has 0 spiro atoms. The van der Waals surface area contributed by atoms with Gasteiger partial charge in [0.2, 0.25) is 10.0 Å². The first-order valence-electron chi connectivity index (χ1n) is 12.1. The van der Waals surface area contributed by atoms with Crippen molar-refractivity contribution in [2.75, 3.05) is 43.6 Å². The predicted molar refractivity (Wildman–Crippen MR) is 142 cm³/mol. The predicted octanol–water partition coefficient (Wildman–Crippen LogP) is 3.42. The molecule has 1 aliphatic rings. The molecule has 38 heavy (non-hydrogen) atoms. The fourth-order valence-electron chi connectivity index (χ4n) is 4.30. The van der Waals surface area contributed by atoms with Crippen LogP contribution in [0.25, 0.3) is 5.69 Å². The fourth-order valence-corrected chi connectivity index (χ4v) is 5.94. The van der Waals surface area contributed by atoms with Crippen molar-refractivity contribution in [3.63, 3.8) is 0 Å². The summed E-state index contributed by atoms with van der Waals surface area (Å²) in [5.74, 6) is -1.23. The molecular weight excluding hydrogens is 538 g/mol. The lowest BCUT2D eigenvalue weighted by Gasteiger charge is -2.42. The Bertz CT molecular complexity index is 1390. The minimum Gasteiger partial charge on any atom is -0.379 e. The molecule has 2 aromatic carbocycles. The molecule has 12 heteroatoms. The van der Waals surface area contributed by atoms with Crippen molar-refractivity contribution in [3.05, 3.63) is 88.3 Å². The van der Waals surface area contributed by atoms with E-state index >= 15 is 0 Å². The quantitative estimate of drug-likeness (QED) is 0.350. The Kier molecular flexibility index (Phi) is 9.14. The highest BCUT2D eigenvalue weighted by Crippen LogP contribution is 2.23. The highest BCUT2D eigenvalue weighted by Gasteiger charge is 2.34. The Hall–Kier alpha value is -2.86. The van der Waals surface area contributed by atoms with E-state index in [1.807, 2.05) is 17.9 Å². The van der Waals surface area contributed by atoms with Crippen LogP contribution in [-0.2, 0) is 20.5 Å². The Balaban J connectivity index is 1.57. The normalized spacial score (nSPS) is 17.5. The van der Waals surface area contributed by atoms with Crippen LogP contribution < -0.4 is 10.5 Å². The maximum atomic E-state index is 13.7. The zero-order valence-electron chi connectivity index (χ0n) is 20.8. The van der Waals surface area contributed by atoms with Crippen molar-refractivity contribution < 1.29 is 21.9 Å². The number of halogens is 3. The van der Waals surface area contributed by atoms with Crippen molar-refractivity contribution in [3.8, 4) is 5.69 Å². The smallest absolute Gasteiger partial charge is 0.273 e. The highest BCUT2D eigenvalue weighted by atomic mass is 35.5. The van der Waals surface area contributed by atoms with Gasteiger partial charge in [0, 0.05) is 37.6 Å². The monoisotopic (exact) mass is 566 g/mol. The van der Waals surface area contributed by atoms with Crippen molar-refractivity contribution in [2.24, 2.45) is 5.92 Å². The number of ether oxygens (including phenoxy) is 1. The first kappa shape index (κ1) is 28.2. The molecule has 0 bridgehead atoms. The summed E-state index contributed by atoms with van der Waals surface area (Å²) in [4.78, 5) is 14.7. The number of aromatic nitrogens is 2. The molecule has 1 saturated heterocycles. The molecular formula is C26H29ClF2N4O4S. The molecule has 3 aromatic rings. The van der Waals surface area contributed by atoms with Gasteiger partial charge in [-0.25, -0.2) is 17.2 Å². The zero-order valence-corrected chi connectivity index (χ0v) is 22.4. The van der Waals surface area contributed by atoms with Gasteiger partial charge in [0.25, 0.3) is 5.56 Å². The van der Waals surface area contributed by atoms with Gasteiger partial charge in [-0.05, 0) is 23.6 Å². The number of alkyl halides is 1. The third-order valence-electron chi connectivity index (χ3n) is 6.22. The van der Waals surface area contributed by atoms with Crippen molar-refractivity contribution in [2.45, 2.75) is 18.7 Å². The van der Waals surface area contributed by atoms with E-state index in [0.29, 0.717) is 36.3 Å². The summed E-state index contributed by atoms with van der Waals surface area (Å²) in [6, 6.07) is 12.6. The van der Waals surface area contributed by atoms with Crippen LogP contribution in [0.4, 0.5) is 14.5 Å². The van der Waals surface area contributed by atoms with Crippen molar-refractivity contribution in [1.29, 1.82) is 0 Å². The molecule has 0 saturated carbocycles. The van der Waals surface area contributed by atoms with E-state index in [4.69, 9.17) is 16.3 Å². The van der Waals surface area contributed by atoms with E-state index in [1.54, 1.807) is 24.3 Å². The van der Waals surface area contributed by atoms with E-state index in [1.165, 1.54) is 16.6 Å². The second-order valence-corrected chi connectivity index (χ2v) is 11.6. The standard InChI is InChI=1S/C26H29ClF2N4O4S/c1-19(13-27)16-37-17-25-15-31(38(35,36)18-20-5-3-2-4-6-20)7-8-32(25)24-12-26(34)33(30-14-24)23-10-21(28)9-22(29)11-23/h2-6,9-12,14,19,25H,7-8,13,15-18H2,1H3. The van der Waals surface area contributed by atoms with Crippen LogP contribution in [-0.4, -0.2) is 67.3 Å². The van der Waals surface area contributed by atoms with E-state index in [2.05, 4.69) is 5.10 Å². The minimum atomic E-state index is -3.60. The summed E-state index contributed by atoms with van der Waals surface area (Å²) in [6.07, 6.45) is 1.42. The summed E-state index contributed by atoms with van der Waals surface area (Å²) in [5, 5.41) is 4.12. The van der Waals surface area contributed by atoms with Gasteiger partial charge in [0.15, 0.2) is 0 Å². The second-order valence-electron chi connectivity index (χ2n) is 9.34.